The van der Waals surface area contributed by atoms with Crippen molar-refractivity contribution >= 4 is 15.6 Å². The predicted octanol–water partition coefficient (Wildman–Crippen LogP) is 5.35. The molecule has 0 rings (SSSR count). The summed E-state index contributed by atoms with van der Waals surface area (Å²) in [7, 11) is 4.13. The molecule has 0 aromatic rings. The smallest absolute Gasteiger partial charge is 0.329 e. The third kappa shape index (κ3) is 27.2. The highest BCUT2D eigenvalue weighted by Crippen LogP contribution is 2.43. The summed E-state index contributed by atoms with van der Waals surface area (Å²) in [6, 6.07) is 0. The van der Waals surface area contributed by atoms with Crippen molar-refractivity contribution in [3.8, 4) is 0 Å². The second-order valence-corrected chi connectivity index (χ2v) is 14.4. The van der Waals surface area contributed by atoms with Crippen molar-refractivity contribution in [2.75, 3.05) is 81.8 Å². The maximum atomic E-state index is 11.8. The van der Waals surface area contributed by atoms with E-state index in [-0.39, 0.29) is 26.4 Å². The molecule has 10 nitrogen and oxygen atoms in total. The number of nitrogens with zero attached hydrogens (tertiary/aromatic N) is 2. The monoisotopic (exact) mass is 562 g/mol. The minimum atomic E-state index is -3.93. The minimum Gasteiger partial charge on any atom is -0.329 e. The molecule has 0 saturated heterocycles. The average Bonchev–Trinajstić information content (AvgIpc) is 2.71. The molecule has 0 aliphatic rings. The molecule has 0 heterocycles. The highest BCUT2D eigenvalue weighted by Gasteiger charge is 2.23. The first kappa shape index (κ1) is 36.1. The van der Waals surface area contributed by atoms with Gasteiger partial charge in [-0.3, -0.25) is 18.1 Å². The van der Waals surface area contributed by atoms with Crippen LogP contribution in [0.2, 0.25) is 0 Å². The Bertz CT molecular complexity index is 585. The second kappa shape index (κ2) is 19.2. The molecule has 0 fully saturated rings. The van der Waals surface area contributed by atoms with Crippen LogP contribution in [0.25, 0.3) is 0 Å². The van der Waals surface area contributed by atoms with Crippen LogP contribution in [0.3, 0.4) is 0 Å². The van der Waals surface area contributed by atoms with E-state index in [1.165, 1.54) is 38.5 Å². The molecule has 0 bridgehead atoms. The van der Waals surface area contributed by atoms with Crippen LogP contribution in [0.1, 0.15) is 77.0 Å². The lowest BCUT2D eigenvalue weighted by Gasteiger charge is -2.24. The van der Waals surface area contributed by atoms with Gasteiger partial charge in [0.1, 0.15) is 26.3 Å². The molecule has 0 aliphatic heterocycles. The molecule has 0 radical (unpaired) electrons. The first-order valence-electron chi connectivity index (χ1n) is 13.5. The van der Waals surface area contributed by atoms with Crippen molar-refractivity contribution in [1.29, 1.82) is 0 Å². The first-order chi connectivity index (χ1) is 16.6. The Balaban J connectivity index is 3.43. The summed E-state index contributed by atoms with van der Waals surface area (Å²) in [4.78, 5) is 19.3. The number of quaternary nitrogens is 2. The minimum absolute atomic E-state index is 0.200. The Labute approximate surface area is 220 Å². The van der Waals surface area contributed by atoms with Gasteiger partial charge in [0.15, 0.2) is 0 Å². The van der Waals surface area contributed by atoms with E-state index >= 15 is 0 Å². The number of hydrogen-bond donors (Lipinski definition) is 2. The molecule has 2 atom stereocenters. The molecule has 12 heteroatoms. The number of unbranched alkanes of at least 4 members (excludes halogenated alkanes) is 11. The molecule has 0 aromatic heterocycles. The number of likely N-dealkylation sites (N-methyl/N-ethyl adjacent to an activating group) is 2. The van der Waals surface area contributed by atoms with Gasteiger partial charge in [-0.25, -0.2) is 9.13 Å². The van der Waals surface area contributed by atoms with Crippen LogP contribution in [-0.2, 0) is 27.2 Å². The normalized spacial score (nSPS) is 16.1. The zero-order valence-corrected chi connectivity index (χ0v) is 25.6. The summed E-state index contributed by atoms with van der Waals surface area (Å²) in [5, 5.41) is 0. The van der Waals surface area contributed by atoms with Crippen LogP contribution in [0.4, 0.5) is 0 Å². The van der Waals surface area contributed by atoms with Gasteiger partial charge < -0.3 is 18.8 Å². The Hall–Kier alpha value is 0.140. The quantitative estimate of drug-likeness (QED) is 0.0871. The molecule has 218 valence electrons. The molecular weight excluding hydrogens is 506 g/mol. The zero-order chi connectivity index (χ0) is 27.6. The van der Waals surface area contributed by atoms with Gasteiger partial charge in [-0.1, -0.05) is 64.2 Å². The maximum Gasteiger partial charge on any atom is 0.472 e. The number of hydrogen-bond acceptors (Lipinski definition) is 6. The lowest BCUT2D eigenvalue weighted by Crippen LogP contribution is -2.37. The lowest BCUT2D eigenvalue weighted by atomic mass is 10.1. The molecule has 0 aromatic carbocycles. The van der Waals surface area contributed by atoms with E-state index in [1.807, 2.05) is 42.3 Å². The fraction of sp³-hybridized carbons (Fsp3) is 1.00. The van der Waals surface area contributed by atoms with Crippen molar-refractivity contribution in [2.45, 2.75) is 77.0 Å². The Morgan fingerprint density at radius 1 is 0.444 bits per heavy atom. The van der Waals surface area contributed by atoms with Gasteiger partial charge >= 0.3 is 15.6 Å². The van der Waals surface area contributed by atoms with Crippen molar-refractivity contribution < 1.29 is 46.0 Å². The van der Waals surface area contributed by atoms with Gasteiger partial charge in [-0.15, -0.1) is 0 Å². The maximum absolute atomic E-state index is 11.8. The van der Waals surface area contributed by atoms with Crippen molar-refractivity contribution in [1.82, 2.24) is 0 Å². The van der Waals surface area contributed by atoms with Crippen LogP contribution < -0.4 is 0 Å². The van der Waals surface area contributed by atoms with Gasteiger partial charge in [0, 0.05) is 0 Å². The highest BCUT2D eigenvalue weighted by atomic mass is 31.2. The van der Waals surface area contributed by atoms with Gasteiger partial charge in [-0.05, 0) is 12.8 Å². The molecular formula is C24H56N2O8P2+2. The highest BCUT2D eigenvalue weighted by molar-refractivity contribution is 7.47. The van der Waals surface area contributed by atoms with Gasteiger partial charge in [0.25, 0.3) is 0 Å². The lowest BCUT2D eigenvalue weighted by molar-refractivity contribution is -0.870. The van der Waals surface area contributed by atoms with E-state index < -0.39 is 15.6 Å². The molecule has 0 spiro atoms. The molecule has 0 saturated carbocycles. The third-order valence-electron chi connectivity index (χ3n) is 5.58. The van der Waals surface area contributed by atoms with E-state index in [4.69, 9.17) is 18.1 Å². The fourth-order valence-electron chi connectivity index (χ4n) is 3.27. The molecule has 0 aliphatic carbocycles. The summed E-state index contributed by atoms with van der Waals surface area (Å²) in [6.45, 7) is 2.19. The fourth-order valence-corrected chi connectivity index (χ4v) is 4.76. The topological polar surface area (TPSA) is 112 Å². The second-order valence-electron chi connectivity index (χ2n) is 11.5. The predicted molar refractivity (Wildman–Crippen MR) is 145 cm³/mol. The summed E-state index contributed by atoms with van der Waals surface area (Å²) >= 11 is 0. The summed E-state index contributed by atoms with van der Waals surface area (Å²) in [6.07, 6.45) is 12.9. The van der Waals surface area contributed by atoms with Crippen LogP contribution in [0.15, 0.2) is 0 Å². The van der Waals surface area contributed by atoms with E-state index in [0.29, 0.717) is 22.1 Å². The first-order valence-corrected chi connectivity index (χ1v) is 16.5. The Morgan fingerprint density at radius 3 is 0.917 bits per heavy atom. The van der Waals surface area contributed by atoms with E-state index in [9.17, 15) is 18.9 Å². The van der Waals surface area contributed by atoms with Gasteiger partial charge in [0.05, 0.1) is 55.5 Å². The number of phosphoric ester groups is 2. The largest absolute Gasteiger partial charge is 0.472 e. The molecule has 2 unspecified atom stereocenters. The van der Waals surface area contributed by atoms with Gasteiger partial charge in [0.2, 0.25) is 0 Å². The van der Waals surface area contributed by atoms with E-state index in [0.717, 1.165) is 38.5 Å². The van der Waals surface area contributed by atoms with E-state index in [2.05, 4.69) is 0 Å². The van der Waals surface area contributed by atoms with Crippen molar-refractivity contribution in [2.24, 2.45) is 0 Å². The average molecular weight is 563 g/mol. The van der Waals surface area contributed by atoms with Crippen molar-refractivity contribution in [3.63, 3.8) is 0 Å². The van der Waals surface area contributed by atoms with Crippen LogP contribution >= 0.6 is 15.6 Å². The van der Waals surface area contributed by atoms with Crippen molar-refractivity contribution in [3.05, 3.63) is 0 Å². The Kier molecular flexibility index (Phi) is 19.3. The molecule has 36 heavy (non-hydrogen) atoms. The number of phosphoric acid groups is 2. The SMILES string of the molecule is C[N+](C)(C)CCOP(=O)(O)OCCCCCCCCCCCCCCOP(=O)(O)OCC[N+](C)(C)C. The summed E-state index contributed by atoms with van der Waals surface area (Å²) in [5.41, 5.74) is 0. The standard InChI is InChI=1S/C24H54N2O8P2/c1-25(2,3)19-23-33-35(27,28)31-21-17-15-13-11-9-7-8-10-12-14-16-18-22-32-36(29,30)34-24-20-26(4,5)6/h7-24H2,1-6H3/p+2. The summed E-state index contributed by atoms with van der Waals surface area (Å²) in [5.74, 6) is 0. The Morgan fingerprint density at radius 2 is 0.667 bits per heavy atom. The van der Waals surface area contributed by atoms with Crippen LogP contribution in [-0.4, -0.2) is 101 Å². The van der Waals surface area contributed by atoms with Crippen LogP contribution in [0, 0.1) is 0 Å². The number of rotatable bonds is 25. The zero-order valence-electron chi connectivity index (χ0n) is 23.9. The third-order valence-corrected chi connectivity index (χ3v) is 7.62. The molecule has 2 N–H and O–H groups in total. The van der Waals surface area contributed by atoms with Gasteiger partial charge in [-0.2, -0.15) is 0 Å². The molecule has 0 amide bonds. The van der Waals surface area contributed by atoms with Crippen LogP contribution in [0.5, 0.6) is 0 Å². The summed E-state index contributed by atoms with van der Waals surface area (Å²) < 4.78 is 45.0. The van der Waals surface area contributed by atoms with E-state index in [1.54, 1.807) is 0 Å².